The molecule has 0 spiro atoms. The Morgan fingerprint density at radius 1 is 1.08 bits per heavy atom. The van der Waals surface area contributed by atoms with E-state index in [-0.39, 0.29) is 6.03 Å². The summed E-state index contributed by atoms with van der Waals surface area (Å²) in [4.78, 5) is 20.9. The van der Waals surface area contributed by atoms with Crippen molar-refractivity contribution >= 4 is 11.7 Å². The summed E-state index contributed by atoms with van der Waals surface area (Å²) in [6.45, 7) is 8.48. The number of nitrogens with one attached hydrogen (secondary N) is 1. The van der Waals surface area contributed by atoms with E-state index in [9.17, 15) is 4.79 Å². The molecule has 1 aliphatic heterocycles. The molecule has 2 amide bonds. The number of nitrogens with zero attached hydrogens (tertiary/aromatic N) is 3. The van der Waals surface area contributed by atoms with Crippen molar-refractivity contribution in [2.24, 2.45) is 0 Å². The quantitative estimate of drug-likeness (QED) is 0.927. The summed E-state index contributed by atoms with van der Waals surface area (Å²) in [7, 11) is 0. The third kappa shape index (κ3) is 4.57. The van der Waals surface area contributed by atoms with Gasteiger partial charge in [0, 0.05) is 50.8 Å². The molecule has 3 rings (SSSR count). The molecule has 5 nitrogen and oxygen atoms in total. The first-order chi connectivity index (χ1) is 12.1. The Morgan fingerprint density at radius 3 is 2.44 bits per heavy atom. The maximum Gasteiger partial charge on any atom is 0.321 e. The highest BCUT2D eigenvalue weighted by Crippen LogP contribution is 2.24. The second-order valence-electron chi connectivity index (χ2n) is 6.79. The second-order valence-corrected chi connectivity index (χ2v) is 6.79. The first kappa shape index (κ1) is 17.4. The van der Waals surface area contributed by atoms with E-state index in [2.05, 4.69) is 35.1 Å². The van der Waals surface area contributed by atoms with Crippen molar-refractivity contribution in [3.05, 3.63) is 59.9 Å². The number of hydrogen-bond acceptors (Lipinski definition) is 3. The zero-order chi connectivity index (χ0) is 17.6. The number of anilines is 1. The van der Waals surface area contributed by atoms with Gasteiger partial charge in [0.1, 0.15) is 0 Å². The van der Waals surface area contributed by atoms with E-state index in [1.807, 2.05) is 47.6 Å². The van der Waals surface area contributed by atoms with E-state index in [4.69, 9.17) is 0 Å². The van der Waals surface area contributed by atoms with Crippen LogP contribution in [0.15, 0.2) is 48.8 Å². The lowest BCUT2D eigenvalue weighted by Crippen LogP contribution is -2.49. The van der Waals surface area contributed by atoms with Crippen LogP contribution in [-0.4, -0.2) is 47.0 Å². The number of benzene rings is 1. The van der Waals surface area contributed by atoms with Crippen molar-refractivity contribution in [2.75, 3.05) is 31.5 Å². The third-order valence-electron chi connectivity index (χ3n) is 4.64. The van der Waals surface area contributed by atoms with Gasteiger partial charge in [0.25, 0.3) is 0 Å². The van der Waals surface area contributed by atoms with E-state index in [0.29, 0.717) is 5.92 Å². The number of carbonyl (C=O) groups excluding carboxylic acids is 1. The highest BCUT2D eigenvalue weighted by atomic mass is 16.2. The molecule has 1 fully saturated rings. The van der Waals surface area contributed by atoms with Gasteiger partial charge in [-0.1, -0.05) is 32.0 Å². The Bertz CT molecular complexity index is 694. The SMILES string of the molecule is CC(C)c1ccccc1NC(=O)N1CCN(Cc2ccncc2)CC1. The lowest BCUT2D eigenvalue weighted by molar-refractivity contribution is 0.143. The molecule has 25 heavy (non-hydrogen) atoms. The van der Waals surface area contributed by atoms with Gasteiger partial charge in [-0.2, -0.15) is 0 Å². The van der Waals surface area contributed by atoms with E-state index in [1.54, 1.807) is 0 Å². The van der Waals surface area contributed by atoms with Gasteiger partial charge in [-0.15, -0.1) is 0 Å². The zero-order valence-corrected chi connectivity index (χ0v) is 15.0. The van der Waals surface area contributed by atoms with Crippen molar-refractivity contribution in [1.82, 2.24) is 14.8 Å². The van der Waals surface area contributed by atoms with Crippen LogP contribution in [0, 0.1) is 0 Å². The highest BCUT2D eigenvalue weighted by molar-refractivity contribution is 5.90. The standard InChI is InChI=1S/C20H26N4O/c1-16(2)18-5-3-4-6-19(18)22-20(25)24-13-11-23(12-14-24)15-17-7-9-21-10-8-17/h3-10,16H,11-15H2,1-2H3,(H,22,25). The summed E-state index contributed by atoms with van der Waals surface area (Å²) < 4.78 is 0. The molecule has 0 aliphatic carbocycles. The first-order valence-electron chi connectivity index (χ1n) is 8.89. The molecule has 1 aromatic carbocycles. The van der Waals surface area contributed by atoms with Crippen molar-refractivity contribution in [1.29, 1.82) is 0 Å². The van der Waals surface area contributed by atoms with Crippen LogP contribution < -0.4 is 5.32 Å². The molecule has 0 saturated carbocycles. The molecule has 1 N–H and O–H groups in total. The number of carbonyl (C=O) groups is 1. The summed E-state index contributed by atoms with van der Waals surface area (Å²) in [5.74, 6) is 0.383. The Morgan fingerprint density at radius 2 is 1.76 bits per heavy atom. The van der Waals surface area contributed by atoms with Gasteiger partial charge < -0.3 is 10.2 Å². The molecule has 132 valence electrons. The number of amides is 2. The molecular weight excluding hydrogens is 312 g/mol. The average Bonchev–Trinajstić information content (AvgIpc) is 2.63. The monoisotopic (exact) mass is 338 g/mol. The largest absolute Gasteiger partial charge is 0.322 e. The van der Waals surface area contributed by atoms with E-state index in [1.165, 1.54) is 11.1 Å². The van der Waals surface area contributed by atoms with Crippen LogP contribution in [0.25, 0.3) is 0 Å². The Hall–Kier alpha value is -2.40. The van der Waals surface area contributed by atoms with Crippen LogP contribution in [0.1, 0.15) is 30.9 Å². The zero-order valence-electron chi connectivity index (χ0n) is 15.0. The summed E-state index contributed by atoms with van der Waals surface area (Å²) in [6, 6.07) is 12.1. The highest BCUT2D eigenvalue weighted by Gasteiger charge is 2.21. The van der Waals surface area contributed by atoms with Crippen LogP contribution in [0.2, 0.25) is 0 Å². The number of rotatable bonds is 4. The molecule has 0 radical (unpaired) electrons. The Balaban J connectivity index is 1.54. The van der Waals surface area contributed by atoms with Crippen LogP contribution >= 0.6 is 0 Å². The summed E-state index contributed by atoms with van der Waals surface area (Å²) >= 11 is 0. The Kier molecular flexibility index (Phi) is 5.66. The molecule has 1 aliphatic rings. The Labute approximate surface area is 149 Å². The van der Waals surface area contributed by atoms with E-state index >= 15 is 0 Å². The normalized spacial score (nSPS) is 15.4. The first-order valence-corrected chi connectivity index (χ1v) is 8.89. The molecule has 1 saturated heterocycles. The predicted octanol–water partition coefficient (Wildman–Crippen LogP) is 3.55. The summed E-state index contributed by atoms with van der Waals surface area (Å²) in [5, 5.41) is 3.09. The minimum Gasteiger partial charge on any atom is -0.322 e. The number of piperazine rings is 1. The fourth-order valence-corrected chi connectivity index (χ4v) is 3.16. The van der Waals surface area contributed by atoms with E-state index < -0.39 is 0 Å². The van der Waals surface area contributed by atoms with E-state index in [0.717, 1.165) is 38.4 Å². The number of aromatic nitrogens is 1. The molecule has 1 aromatic heterocycles. The minimum absolute atomic E-state index is 0.00309. The number of para-hydroxylation sites is 1. The molecule has 0 unspecified atom stereocenters. The van der Waals surface area contributed by atoms with Gasteiger partial charge in [0.05, 0.1) is 0 Å². The molecular formula is C20H26N4O. The number of urea groups is 1. The lowest BCUT2D eigenvalue weighted by atomic mass is 10.0. The van der Waals surface area contributed by atoms with Crippen LogP contribution in [0.3, 0.4) is 0 Å². The maximum atomic E-state index is 12.6. The van der Waals surface area contributed by atoms with Gasteiger partial charge >= 0.3 is 6.03 Å². The van der Waals surface area contributed by atoms with Crippen molar-refractivity contribution in [3.63, 3.8) is 0 Å². The molecule has 0 bridgehead atoms. The molecule has 2 aromatic rings. The number of pyridine rings is 1. The predicted molar refractivity (Wildman–Crippen MR) is 101 cm³/mol. The second kappa shape index (κ2) is 8.12. The van der Waals surface area contributed by atoms with Crippen molar-refractivity contribution in [3.8, 4) is 0 Å². The maximum absolute atomic E-state index is 12.6. The summed E-state index contributed by atoms with van der Waals surface area (Å²) in [5.41, 5.74) is 3.35. The smallest absolute Gasteiger partial charge is 0.321 e. The van der Waals surface area contributed by atoms with Crippen LogP contribution in [0.4, 0.5) is 10.5 Å². The minimum atomic E-state index is -0.00309. The van der Waals surface area contributed by atoms with Gasteiger partial charge in [-0.25, -0.2) is 4.79 Å². The van der Waals surface area contributed by atoms with Gasteiger partial charge in [-0.05, 0) is 35.2 Å². The van der Waals surface area contributed by atoms with Crippen LogP contribution in [-0.2, 0) is 6.54 Å². The third-order valence-corrected chi connectivity index (χ3v) is 4.64. The molecule has 5 heteroatoms. The molecule has 2 heterocycles. The fourth-order valence-electron chi connectivity index (χ4n) is 3.16. The van der Waals surface area contributed by atoms with Gasteiger partial charge in [-0.3, -0.25) is 9.88 Å². The van der Waals surface area contributed by atoms with Crippen molar-refractivity contribution in [2.45, 2.75) is 26.3 Å². The average molecular weight is 338 g/mol. The van der Waals surface area contributed by atoms with Gasteiger partial charge in [0.2, 0.25) is 0 Å². The van der Waals surface area contributed by atoms with Crippen molar-refractivity contribution < 1.29 is 4.79 Å². The fraction of sp³-hybridized carbons (Fsp3) is 0.400. The topological polar surface area (TPSA) is 48.5 Å². The van der Waals surface area contributed by atoms with Crippen LogP contribution in [0.5, 0.6) is 0 Å². The molecule has 0 atom stereocenters. The van der Waals surface area contributed by atoms with Gasteiger partial charge in [0.15, 0.2) is 0 Å². The summed E-state index contributed by atoms with van der Waals surface area (Å²) in [6.07, 6.45) is 3.65. The lowest BCUT2D eigenvalue weighted by Gasteiger charge is -2.34. The number of hydrogen-bond donors (Lipinski definition) is 1.